The molecule has 0 aromatic carbocycles. The van der Waals surface area contributed by atoms with Crippen LogP contribution in [-0.2, 0) is 9.84 Å². The average molecular weight is 176 g/mol. The summed E-state index contributed by atoms with van der Waals surface area (Å²) in [6.45, 7) is 10.5. The van der Waals surface area contributed by atoms with E-state index in [1.54, 1.807) is 13.8 Å². The Morgan fingerprint density at radius 1 is 1.36 bits per heavy atom. The third-order valence-electron chi connectivity index (χ3n) is 2.34. The highest BCUT2D eigenvalue weighted by Gasteiger charge is 2.34. The first-order valence-electron chi connectivity index (χ1n) is 3.62. The minimum atomic E-state index is -3.13. The molecule has 0 fully saturated rings. The van der Waals surface area contributed by atoms with Gasteiger partial charge in [-0.2, -0.15) is 0 Å². The van der Waals surface area contributed by atoms with Gasteiger partial charge in [0.25, 0.3) is 0 Å². The highest BCUT2D eigenvalue weighted by Crippen LogP contribution is 2.26. The lowest BCUT2D eigenvalue weighted by Crippen LogP contribution is -2.35. The Balaban J connectivity index is 5.00. The first-order valence-corrected chi connectivity index (χ1v) is 5.17. The van der Waals surface area contributed by atoms with Crippen LogP contribution in [0.25, 0.3) is 0 Å². The van der Waals surface area contributed by atoms with Crippen molar-refractivity contribution >= 4 is 9.84 Å². The molecule has 66 valence electrons. The lowest BCUT2D eigenvalue weighted by Gasteiger charge is -2.26. The van der Waals surface area contributed by atoms with E-state index in [9.17, 15) is 8.42 Å². The Labute approximate surface area is 69.2 Å². The van der Waals surface area contributed by atoms with Crippen LogP contribution < -0.4 is 0 Å². The number of hydrogen-bond donors (Lipinski definition) is 0. The molecule has 0 aliphatic rings. The van der Waals surface area contributed by atoms with Crippen molar-refractivity contribution in [3.05, 3.63) is 12.0 Å². The highest BCUT2D eigenvalue weighted by atomic mass is 32.2. The molecular weight excluding hydrogens is 160 g/mol. The molecule has 0 aliphatic heterocycles. The van der Waals surface area contributed by atoms with Crippen molar-refractivity contribution in [2.45, 2.75) is 32.4 Å². The summed E-state index contributed by atoms with van der Waals surface area (Å²) >= 11 is 0. The first kappa shape index (κ1) is 10.7. The largest absolute Gasteiger partial charge is 0.224 e. The fraction of sp³-hybridized carbons (Fsp3) is 0.750. The Morgan fingerprint density at radius 2 is 1.73 bits per heavy atom. The fourth-order valence-electron chi connectivity index (χ4n) is 0.543. The SMILES string of the molecule is C=CS(=O)(=O)C(C)(C)C(C)C. The predicted molar refractivity (Wildman–Crippen MR) is 48.0 cm³/mol. The van der Waals surface area contributed by atoms with Crippen molar-refractivity contribution in [1.29, 1.82) is 0 Å². The molecule has 0 amide bonds. The number of sulfone groups is 1. The van der Waals surface area contributed by atoms with Gasteiger partial charge in [-0.15, -0.1) is 0 Å². The van der Waals surface area contributed by atoms with Gasteiger partial charge in [-0.25, -0.2) is 8.42 Å². The molecule has 0 aliphatic carbocycles. The van der Waals surface area contributed by atoms with Crippen molar-refractivity contribution in [2.24, 2.45) is 5.92 Å². The minimum Gasteiger partial charge on any atom is -0.224 e. The number of rotatable bonds is 3. The van der Waals surface area contributed by atoms with Gasteiger partial charge in [-0.3, -0.25) is 0 Å². The average Bonchev–Trinajstić information content (AvgIpc) is 1.87. The van der Waals surface area contributed by atoms with E-state index in [0.717, 1.165) is 5.41 Å². The zero-order chi connectivity index (χ0) is 9.28. The van der Waals surface area contributed by atoms with Gasteiger partial charge < -0.3 is 0 Å². The maximum atomic E-state index is 11.3. The molecular formula is C8H16O2S. The summed E-state index contributed by atoms with van der Waals surface area (Å²) in [6, 6.07) is 0. The van der Waals surface area contributed by atoms with Crippen LogP contribution in [0.3, 0.4) is 0 Å². The van der Waals surface area contributed by atoms with E-state index in [4.69, 9.17) is 0 Å². The van der Waals surface area contributed by atoms with E-state index >= 15 is 0 Å². The van der Waals surface area contributed by atoms with Crippen LogP contribution in [0.1, 0.15) is 27.7 Å². The van der Waals surface area contributed by atoms with Crippen molar-refractivity contribution in [2.75, 3.05) is 0 Å². The van der Waals surface area contributed by atoms with Gasteiger partial charge in [0.05, 0.1) is 4.75 Å². The molecule has 0 saturated carbocycles. The quantitative estimate of drug-likeness (QED) is 0.659. The summed E-state index contributed by atoms with van der Waals surface area (Å²) in [6.07, 6.45) is 0. The maximum absolute atomic E-state index is 11.3. The molecule has 0 aromatic heterocycles. The molecule has 0 spiro atoms. The summed E-state index contributed by atoms with van der Waals surface area (Å²) in [5.74, 6) is 0.102. The minimum absolute atomic E-state index is 0.102. The van der Waals surface area contributed by atoms with Gasteiger partial charge in [0.1, 0.15) is 0 Å². The molecule has 0 N–H and O–H groups in total. The molecule has 3 heteroatoms. The van der Waals surface area contributed by atoms with Gasteiger partial charge in [-0.05, 0) is 19.8 Å². The molecule has 0 aromatic rings. The van der Waals surface area contributed by atoms with Crippen LogP contribution in [0.4, 0.5) is 0 Å². The summed E-state index contributed by atoms with van der Waals surface area (Å²) in [5.41, 5.74) is 0. The van der Waals surface area contributed by atoms with Crippen molar-refractivity contribution in [3.8, 4) is 0 Å². The van der Waals surface area contributed by atoms with Crippen LogP contribution in [-0.4, -0.2) is 13.2 Å². The van der Waals surface area contributed by atoms with E-state index in [0.29, 0.717) is 0 Å². The monoisotopic (exact) mass is 176 g/mol. The molecule has 0 unspecified atom stereocenters. The summed E-state index contributed by atoms with van der Waals surface area (Å²) in [5, 5.41) is 1.03. The third kappa shape index (κ3) is 1.83. The molecule has 0 heterocycles. The maximum Gasteiger partial charge on any atom is 0.176 e. The van der Waals surface area contributed by atoms with Crippen LogP contribution in [0.5, 0.6) is 0 Å². The van der Waals surface area contributed by atoms with Crippen LogP contribution in [0.15, 0.2) is 12.0 Å². The molecule has 0 saturated heterocycles. The normalized spacial score (nSPS) is 13.5. The van der Waals surface area contributed by atoms with Gasteiger partial charge in [0, 0.05) is 5.41 Å². The van der Waals surface area contributed by atoms with Crippen molar-refractivity contribution in [3.63, 3.8) is 0 Å². The van der Waals surface area contributed by atoms with Gasteiger partial charge in [0.2, 0.25) is 0 Å². The van der Waals surface area contributed by atoms with Gasteiger partial charge in [0.15, 0.2) is 9.84 Å². The molecule has 2 nitrogen and oxygen atoms in total. The van der Waals surface area contributed by atoms with Gasteiger partial charge >= 0.3 is 0 Å². The van der Waals surface area contributed by atoms with E-state index in [1.807, 2.05) is 13.8 Å². The summed E-state index contributed by atoms with van der Waals surface area (Å²) in [7, 11) is -3.13. The smallest absolute Gasteiger partial charge is 0.176 e. The molecule has 0 rings (SSSR count). The third-order valence-corrected chi connectivity index (χ3v) is 4.72. The second-order valence-electron chi connectivity index (χ2n) is 3.47. The Kier molecular flexibility index (Phi) is 2.89. The molecule has 0 radical (unpaired) electrons. The van der Waals surface area contributed by atoms with Gasteiger partial charge in [-0.1, -0.05) is 20.4 Å². The van der Waals surface area contributed by atoms with Crippen molar-refractivity contribution in [1.82, 2.24) is 0 Å². The Morgan fingerprint density at radius 3 is 1.82 bits per heavy atom. The standard InChI is InChI=1S/C8H16O2S/c1-6-11(9,10)8(4,5)7(2)3/h6-7H,1H2,2-5H3. The first-order chi connectivity index (χ1) is 4.75. The van der Waals surface area contributed by atoms with Crippen LogP contribution in [0.2, 0.25) is 0 Å². The molecule has 0 bridgehead atoms. The van der Waals surface area contributed by atoms with Crippen molar-refractivity contribution < 1.29 is 8.42 Å². The number of hydrogen-bond acceptors (Lipinski definition) is 2. The topological polar surface area (TPSA) is 34.1 Å². The fourth-order valence-corrected chi connectivity index (χ4v) is 1.63. The second-order valence-corrected chi connectivity index (χ2v) is 5.95. The zero-order valence-electron chi connectivity index (χ0n) is 7.59. The predicted octanol–water partition coefficient (Wildman–Crippen LogP) is 1.98. The molecule has 0 atom stereocenters. The summed E-state index contributed by atoms with van der Waals surface area (Å²) in [4.78, 5) is 0. The Hall–Kier alpha value is -0.310. The van der Waals surface area contributed by atoms with E-state index in [-0.39, 0.29) is 5.92 Å². The van der Waals surface area contributed by atoms with E-state index < -0.39 is 14.6 Å². The molecule has 11 heavy (non-hydrogen) atoms. The summed E-state index contributed by atoms with van der Waals surface area (Å²) < 4.78 is 22.0. The Bertz CT molecular complexity index is 235. The lowest BCUT2D eigenvalue weighted by atomic mass is 10.00. The van der Waals surface area contributed by atoms with Crippen LogP contribution >= 0.6 is 0 Å². The highest BCUT2D eigenvalue weighted by molar-refractivity contribution is 7.95. The van der Waals surface area contributed by atoms with Crippen LogP contribution in [0, 0.1) is 5.92 Å². The second kappa shape index (κ2) is 2.97. The zero-order valence-corrected chi connectivity index (χ0v) is 8.40. The van der Waals surface area contributed by atoms with E-state index in [1.165, 1.54) is 0 Å². The lowest BCUT2D eigenvalue weighted by molar-refractivity contribution is 0.459. The van der Waals surface area contributed by atoms with E-state index in [2.05, 4.69) is 6.58 Å².